The molecule has 2 heterocycles. The molecule has 0 bridgehead atoms. The molecule has 1 saturated heterocycles. The van der Waals surface area contributed by atoms with Crippen LogP contribution in [0.1, 0.15) is 30.2 Å². The zero-order valence-corrected chi connectivity index (χ0v) is 11.9. The van der Waals surface area contributed by atoms with E-state index in [9.17, 15) is 4.79 Å². The minimum absolute atomic E-state index is 0.0812. The number of hydrogen-bond donors (Lipinski definition) is 2. The number of aromatic nitrogens is 1. The van der Waals surface area contributed by atoms with Crippen molar-refractivity contribution in [3.05, 3.63) is 22.9 Å². The van der Waals surface area contributed by atoms with Gasteiger partial charge < -0.3 is 16.0 Å². The lowest BCUT2D eigenvalue weighted by atomic mass is 10.0. The molecule has 1 atom stereocenters. The minimum atomic E-state index is -0.146. The van der Waals surface area contributed by atoms with Gasteiger partial charge in [-0.1, -0.05) is 6.92 Å². The number of amides is 1. The van der Waals surface area contributed by atoms with Crippen LogP contribution in [-0.4, -0.2) is 30.0 Å². The molecular formula is C14H22N4O. The molecule has 3 N–H and O–H groups in total. The fourth-order valence-electron chi connectivity index (χ4n) is 2.71. The van der Waals surface area contributed by atoms with Gasteiger partial charge >= 0.3 is 0 Å². The molecule has 1 fully saturated rings. The maximum absolute atomic E-state index is 12.0. The lowest BCUT2D eigenvalue weighted by molar-refractivity contribution is -0.123. The predicted molar refractivity (Wildman–Crippen MR) is 76.0 cm³/mol. The average molecular weight is 262 g/mol. The molecule has 5 nitrogen and oxygen atoms in total. The molecule has 104 valence electrons. The zero-order valence-electron chi connectivity index (χ0n) is 11.9. The number of nitrogens with one attached hydrogen (secondary N) is 1. The Bertz CT molecular complexity index is 487. The van der Waals surface area contributed by atoms with Crippen LogP contribution in [0.5, 0.6) is 0 Å². The summed E-state index contributed by atoms with van der Waals surface area (Å²) < 4.78 is 0. The van der Waals surface area contributed by atoms with Gasteiger partial charge in [-0.3, -0.25) is 4.79 Å². The Labute approximate surface area is 114 Å². The third kappa shape index (κ3) is 2.56. The number of nitrogens with zero attached hydrogens (tertiary/aromatic N) is 2. The van der Waals surface area contributed by atoms with Gasteiger partial charge in [0.25, 0.3) is 0 Å². The first-order chi connectivity index (χ1) is 9.08. The van der Waals surface area contributed by atoms with Crippen LogP contribution in [0.4, 0.5) is 5.82 Å². The first kappa shape index (κ1) is 13.8. The third-order valence-electron chi connectivity index (χ3n) is 3.65. The smallest absolute Gasteiger partial charge is 0.242 e. The Hall–Kier alpha value is -1.62. The SMILES string of the molecule is CCC1C(=O)NCCN1c1nc(C)cc(C)c1CN. The van der Waals surface area contributed by atoms with Gasteiger partial charge in [0.15, 0.2) is 0 Å². The van der Waals surface area contributed by atoms with Gasteiger partial charge in [0.1, 0.15) is 11.9 Å². The Morgan fingerprint density at radius 1 is 1.53 bits per heavy atom. The Morgan fingerprint density at radius 2 is 2.26 bits per heavy atom. The monoisotopic (exact) mass is 262 g/mol. The summed E-state index contributed by atoms with van der Waals surface area (Å²) in [5.41, 5.74) is 9.01. The van der Waals surface area contributed by atoms with Crippen molar-refractivity contribution in [1.29, 1.82) is 0 Å². The summed E-state index contributed by atoms with van der Waals surface area (Å²) in [5, 5.41) is 2.91. The molecule has 1 aromatic rings. The van der Waals surface area contributed by atoms with Crippen molar-refractivity contribution >= 4 is 11.7 Å². The maximum Gasteiger partial charge on any atom is 0.242 e. The fraction of sp³-hybridized carbons (Fsp3) is 0.571. The summed E-state index contributed by atoms with van der Waals surface area (Å²) in [5.74, 6) is 0.958. The maximum atomic E-state index is 12.0. The third-order valence-corrected chi connectivity index (χ3v) is 3.65. The molecule has 0 aliphatic carbocycles. The highest BCUT2D eigenvalue weighted by molar-refractivity contribution is 5.86. The molecule has 1 amide bonds. The van der Waals surface area contributed by atoms with Crippen molar-refractivity contribution in [2.24, 2.45) is 5.73 Å². The van der Waals surface area contributed by atoms with E-state index in [-0.39, 0.29) is 11.9 Å². The number of piperazine rings is 1. The van der Waals surface area contributed by atoms with Crippen LogP contribution in [-0.2, 0) is 11.3 Å². The highest BCUT2D eigenvalue weighted by Gasteiger charge is 2.30. The van der Waals surface area contributed by atoms with Crippen LogP contribution in [0, 0.1) is 13.8 Å². The van der Waals surface area contributed by atoms with E-state index in [1.807, 2.05) is 26.8 Å². The van der Waals surface area contributed by atoms with Crippen molar-refractivity contribution in [2.45, 2.75) is 39.8 Å². The zero-order chi connectivity index (χ0) is 14.0. The van der Waals surface area contributed by atoms with Gasteiger partial charge in [-0.05, 0) is 31.9 Å². The highest BCUT2D eigenvalue weighted by atomic mass is 16.2. The number of carbonyl (C=O) groups excluding carboxylic acids is 1. The Kier molecular flexibility index (Phi) is 4.04. The average Bonchev–Trinajstić information content (AvgIpc) is 2.37. The number of carbonyl (C=O) groups is 1. The minimum Gasteiger partial charge on any atom is -0.353 e. The summed E-state index contributed by atoms with van der Waals surface area (Å²) in [6.07, 6.45) is 0.768. The normalized spacial score (nSPS) is 19.5. The van der Waals surface area contributed by atoms with E-state index < -0.39 is 0 Å². The van der Waals surface area contributed by atoms with Gasteiger partial charge in [-0.25, -0.2) is 4.98 Å². The second kappa shape index (κ2) is 5.57. The highest BCUT2D eigenvalue weighted by Crippen LogP contribution is 2.25. The van der Waals surface area contributed by atoms with Crippen LogP contribution < -0.4 is 16.0 Å². The summed E-state index contributed by atoms with van der Waals surface area (Å²) in [6.45, 7) is 7.94. The number of anilines is 1. The molecule has 0 spiro atoms. The number of aryl methyl sites for hydroxylation is 2. The van der Waals surface area contributed by atoms with Gasteiger partial charge in [0.2, 0.25) is 5.91 Å². The van der Waals surface area contributed by atoms with Crippen LogP contribution >= 0.6 is 0 Å². The molecule has 1 aliphatic rings. The van der Waals surface area contributed by atoms with Crippen LogP contribution in [0.2, 0.25) is 0 Å². The topological polar surface area (TPSA) is 71.2 Å². The number of nitrogens with two attached hydrogens (primary N) is 1. The molecule has 0 saturated carbocycles. The summed E-state index contributed by atoms with van der Waals surface area (Å²) in [7, 11) is 0. The van der Waals surface area contributed by atoms with Gasteiger partial charge in [0, 0.05) is 30.9 Å². The molecule has 5 heteroatoms. The molecule has 19 heavy (non-hydrogen) atoms. The lowest BCUT2D eigenvalue weighted by Crippen LogP contribution is -2.55. The second-order valence-corrected chi connectivity index (χ2v) is 5.00. The molecule has 1 unspecified atom stereocenters. The second-order valence-electron chi connectivity index (χ2n) is 5.00. The molecule has 0 aromatic carbocycles. The van der Waals surface area contributed by atoms with Gasteiger partial charge in [0.05, 0.1) is 0 Å². The first-order valence-electron chi connectivity index (χ1n) is 6.80. The first-order valence-corrected chi connectivity index (χ1v) is 6.80. The quantitative estimate of drug-likeness (QED) is 0.848. The van der Waals surface area contributed by atoms with Gasteiger partial charge in [-0.15, -0.1) is 0 Å². The lowest BCUT2D eigenvalue weighted by Gasteiger charge is -2.36. The van der Waals surface area contributed by atoms with Crippen molar-refractivity contribution in [3.63, 3.8) is 0 Å². The van der Waals surface area contributed by atoms with E-state index in [4.69, 9.17) is 5.73 Å². The van der Waals surface area contributed by atoms with Crippen LogP contribution in [0.15, 0.2) is 6.07 Å². The van der Waals surface area contributed by atoms with E-state index in [1.165, 1.54) is 0 Å². The van der Waals surface area contributed by atoms with E-state index in [1.54, 1.807) is 0 Å². The summed E-state index contributed by atoms with van der Waals surface area (Å²) >= 11 is 0. The molecule has 1 aliphatic heterocycles. The van der Waals surface area contributed by atoms with E-state index in [2.05, 4.69) is 15.2 Å². The van der Waals surface area contributed by atoms with E-state index >= 15 is 0 Å². The summed E-state index contributed by atoms with van der Waals surface area (Å²) in [4.78, 5) is 18.7. The summed E-state index contributed by atoms with van der Waals surface area (Å²) in [6, 6.07) is 1.89. The van der Waals surface area contributed by atoms with Crippen molar-refractivity contribution < 1.29 is 4.79 Å². The van der Waals surface area contributed by atoms with Gasteiger partial charge in [-0.2, -0.15) is 0 Å². The van der Waals surface area contributed by atoms with Crippen molar-refractivity contribution in [2.75, 3.05) is 18.0 Å². The fourth-order valence-corrected chi connectivity index (χ4v) is 2.71. The number of rotatable bonds is 3. The molecular weight excluding hydrogens is 240 g/mol. The largest absolute Gasteiger partial charge is 0.353 e. The Balaban J connectivity index is 2.47. The Morgan fingerprint density at radius 3 is 2.89 bits per heavy atom. The van der Waals surface area contributed by atoms with E-state index in [0.717, 1.165) is 35.6 Å². The predicted octanol–water partition coefficient (Wildman–Crippen LogP) is 0.872. The van der Waals surface area contributed by atoms with Crippen LogP contribution in [0.25, 0.3) is 0 Å². The van der Waals surface area contributed by atoms with E-state index in [0.29, 0.717) is 13.1 Å². The van der Waals surface area contributed by atoms with Crippen molar-refractivity contribution in [3.8, 4) is 0 Å². The van der Waals surface area contributed by atoms with Crippen LogP contribution in [0.3, 0.4) is 0 Å². The number of hydrogen-bond acceptors (Lipinski definition) is 4. The molecule has 2 rings (SSSR count). The molecule has 1 aromatic heterocycles. The standard InChI is InChI=1S/C14H22N4O/c1-4-12-14(19)16-5-6-18(12)13-11(8-15)9(2)7-10(3)17-13/h7,12H,4-6,8,15H2,1-3H3,(H,16,19). The van der Waals surface area contributed by atoms with Crippen molar-refractivity contribution in [1.82, 2.24) is 10.3 Å². The molecule has 0 radical (unpaired) electrons. The number of pyridine rings is 1.